The van der Waals surface area contributed by atoms with E-state index in [1.54, 1.807) is 6.33 Å². The van der Waals surface area contributed by atoms with Crippen LogP contribution in [0.1, 0.15) is 0 Å². The smallest absolute Gasteiger partial charge is 0.261 e. The van der Waals surface area contributed by atoms with Gasteiger partial charge in [-0.3, -0.25) is 9.36 Å². The predicted molar refractivity (Wildman–Crippen MR) is 114 cm³/mol. The van der Waals surface area contributed by atoms with Crippen LogP contribution in [0.25, 0.3) is 10.9 Å². The Morgan fingerprint density at radius 2 is 1.79 bits per heavy atom. The SMILES string of the molecule is CN(C)c1cc(N2CCN(c3ccc4c(=O)n(CCO)cnc4c3)CC2)ncn1. The van der Waals surface area contributed by atoms with Crippen molar-refractivity contribution in [2.24, 2.45) is 0 Å². The Morgan fingerprint density at radius 3 is 2.52 bits per heavy atom. The van der Waals surface area contributed by atoms with Crippen LogP contribution >= 0.6 is 0 Å². The molecular formula is C20H25N7O2. The number of aliphatic hydroxyl groups is 1. The molecule has 2 aromatic heterocycles. The van der Waals surface area contributed by atoms with Gasteiger partial charge >= 0.3 is 0 Å². The Labute approximate surface area is 168 Å². The summed E-state index contributed by atoms with van der Waals surface area (Å²) in [6, 6.07) is 7.77. The van der Waals surface area contributed by atoms with Crippen molar-refractivity contribution in [2.75, 3.05) is 61.6 Å². The number of benzene rings is 1. The van der Waals surface area contributed by atoms with Gasteiger partial charge in [0.05, 0.1) is 30.4 Å². The number of piperazine rings is 1. The van der Waals surface area contributed by atoms with Crippen LogP contribution in [0.15, 0.2) is 41.7 Å². The maximum absolute atomic E-state index is 12.5. The predicted octanol–water partition coefficient (Wildman–Crippen LogP) is 0.571. The molecule has 9 heteroatoms. The van der Waals surface area contributed by atoms with Gasteiger partial charge in [0.2, 0.25) is 0 Å². The fourth-order valence-corrected chi connectivity index (χ4v) is 3.56. The molecule has 0 aliphatic carbocycles. The Kier molecular flexibility index (Phi) is 5.30. The van der Waals surface area contributed by atoms with Crippen molar-refractivity contribution in [1.29, 1.82) is 0 Å². The molecule has 0 bridgehead atoms. The van der Waals surface area contributed by atoms with Crippen LogP contribution in [0, 0.1) is 0 Å². The molecule has 1 N–H and O–H groups in total. The summed E-state index contributed by atoms with van der Waals surface area (Å²) in [6.45, 7) is 3.59. The lowest BCUT2D eigenvalue weighted by atomic mass is 10.2. The minimum Gasteiger partial charge on any atom is -0.395 e. The lowest BCUT2D eigenvalue weighted by Crippen LogP contribution is -2.46. The van der Waals surface area contributed by atoms with E-state index in [-0.39, 0.29) is 18.7 Å². The van der Waals surface area contributed by atoms with E-state index in [9.17, 15) is 4.79 Å². The Hall–Kier alpha value is -3.20. The maximum Gasteiger partial charge on any atom is 0.261 e. The van der Waals surface area contributed by atoms with Crippen LogP contribution in [0.4, 0.5) is 17.3 Å². The van der Waals surface area contributed by atoms with Gasteiger partial charge in [-0.15, -0.1) is 0 Å². The molecule has 1 aliphatic rings. The number of rotatable bonds is 5. The van der Waals surface area contributed by atoms with Gasteiger partial charge in [-0.1, -0.05) is 0 Å². The molecule has 9 nitrogen and oxygen atoms in total. The van der Waals surface area contributed by atoms with E-state index in [1.807, 2.05) is 43.3 Å². The van der Waals surface area contributed by atoms with Crippen molar-refractivity contribution in [3.05, 3.63) is 47.3 Å². The Morgan fingerprint density at radius 1 is 1.03 bits per heavy atom. The third kappa shape index (κ3) is 3.86. The Bertz CT molecular complexity index is 1060. The Balaban J connectivity index is 1.50. The fourth-order valence-electron chi connectivity index (χ4n) is 3.56. The van der Waals surface area contributed by atoms with Crippen LogP contribution in [0.3, 0.4) is 0 Å². The summed E-state index contributed by atoms with van der Waals surface area (Å²) in [4.78, 5) is 32.1. The van der Waals surface area contributed by atoms with Crippen LogP contribution in [-0.2, 0) is 6.54 Å². The van der Waals surface area contributed by atoms with Crippen molar-refractivity contribution in [1.82, 2.24) is 19.5 Å². The fraction of sp³-hybridized carbons (Fsp3) is 0.400. The largest absolute Gasteiger partial charge is 0.395 e. The van der Waals surface area contributed by atoms with Crippen molar-refractivity contribution in [3.63, 3.8) is 0 Å². The molecule has 3 aromatic rings. The van der Waals surface area contributed by atoms with E-state index in [2.05, 4.69) is 24.8 Å². The third-order valence-electron chi connectivity index (χ3n) is 5.21. The van der Waals surface area contributed by atoms with E-state index in [4.69, 9.17) is 5.11 Å². The second kappa shape index (κ2) is 8.04. The number of fused-ring (bicyclic) bond motifs is 1. The molecule has 0 radical (unpaired) electrons. The number of aliphatic hydroxyl groups excluding tert-OH is 1. The van der Waals surface area contributed by atoms with Crippen molar-refractivity contribution < 1.29 is 5.11 Å². The zero-order valence-electron chi connectivity index (χ0n) is 16.7. The molecule has 1 fully saturated rings. The molecule has 1 aromatic carbocycles. The molecule has 152 valence electrons. The summed E-state index contributed by atoms with van der Waals surface area (Å²) in [7, 11) is 3.94. The van der Waals surface area contributed by atoms with E-state index < -0.39 is 0 Å². The van der Waals surface area contributed by atoms with Crippen LogP contribution in [-0.4, -0.2) is 71.5 Å². The topological polar surface area (TPSA) is 90.6 Å². The monoisotopic (exact) mass is 395 g/mol. The second-order valence-corrected chi connectivity index (χ2v) is 7.27. The van der Waals surface area contributed by atoms with Gasteiger partial charge in [0, 0.05) is 52.0 Å². The lowest BCUT2D eigenvalue weighted by molar-refractivity contribution is 0.274. The molecule has 0 amide bonds. The minimum atomic E-state index is -0.124. The van der Waals surface area contributed by atoms with E-state index in [0.717, 1.165) is 43.5 Å². The average Bonchev–Trinajstić information content (AvgIpc) is 2.76. The first-order chi connectivity index (χ1) is 14.1. The summed E-state index contributed by atoms with van der Waals surface area (Å²) < 4.78 is 1.44. The molecule has 1 aliphatic heterocycles. The normalized spacial score (nSPS) is 14.4. The van der Waals surface area contributed by atoms with Crippen molar-refractivity contribution in [2.45, 2.75) is 6.54 Å². The highest BCUT2D eigenvalue weighted by Crippen LogP contribution is 2.23. The zero-order chi connectivity index (χ0) is 20.4. The number of anilines is 3. The number of aromatic nitrogens is 4. The average molecular weight is 395 g/mol. The number of hydrogen-bond donors (Lipinski definition) is 1. The quantitative estimate of drug-likeness (QED) is 0.671. The van der Waals surface area contributed by atoms with Gasteiger partial charge < -0.3 is 19.8 Å². The molecule has 3 heterocycles. The standard InChI is InChI=1S/C20H25N7O2/c1-24(2)18-12-19(22-13-21-18)26-7-5-25(6-8-26)15-3-4-16-17(11-15)23-14-27(9-10-28)20(16)29/h3-4,11-14,28H,5-10H2,1-2H3. The highest BCUT2D eigenvalue weighted by Gasteiger charge is 2.19. The van der Waals surface area contributed by atoms with Crippen LogP contribution in [0.5, 0.6) is 0 Å². The summed E-state index contributed by atoms with van der Waals surface area (Å²) >= 11 is 0. The van der Waals surface area contributed by atoms with Crippen molar-refractivity contribution >= 4 is 28.2 Å². The van der Waals surface area contributed by atoms with Crippen LogP contribution in [0.2, 0.25) is 0 Å². The molecule has 0 spiro atoms. The van der Waals surface area contributed by atoms with Crippen LogP contribution < -0.4 is 20.3 Å². The first kappa shape index (κ1) is 19.1. The van der Waals surface area contributed by atoms with Gasteiger partial charge in [-0.2, -0.15) is 0 Å². The molecule has 0 saturated carbocycles. The lowest BCUT2D eigenvalue weighted by Gasteiger charge is -2.36. The number of nitrogens with zero attached hydrogens (tertiary/aromatic N) is 7. The summed E-state index contributed by atoms with van der Waals surface area (Å²) in [6.07, 6.45) is 3.11. The molecule has 0 unspecified atom stereocenters. The summed E-state index contributed by atoms with van der Waals surface area (Å²) in [5.74, 6) is 1.83. The van der Waals surface area contributed by atoms with Gasteiger partial charge in [-0.25, -0.2) is 15.0 Å². The second-order valence-electron chi connectivity index (χ2n) is 7.27. The van der Waals surface area contributed by atoms with Gasteiger partial charge in [0.25, 0.3) is 5.56 Å². The maximum atomic E-state index is 12.5. The number of hydrogen-bond acceptors (Lipinski definition) is 8. The molecular weight excluding hydrogens is 370 g/mol. The van der Waals surface area contributed by atoms with E-state index >= 15 is 0 Å². The van der Waals surface area contributed by atoms with E-state index in [0.29, 0.717) is 10.9 Å². The first-order valence-corrected chi connectivity index (χ1v) is 9.66. The molecule has 1 saturated heterocycles. The third-order valence-corrected chi connectivity index (χ3v) is 5.21. The van der Waals surface area contributed by atoms with Gasteiger partial charge in [0.15, 0.2) is 0 Å². The van der Waals surface area contributed by atoms with Crippen molar-refractivity contribution in [3.8, 4) is 0 Å². The molecule has 29 heavy (non-hydrogen) atoms. The summed E-state index contributed by atoms with van der Waals surface area (Å²) in [5, 5.41) is 9.64. The first-order valence-electron chi connectivity index (χ1n) is 9.66. The highest BCUT2D eigenvalue weighted by atomic mass is 16.3. The highest BCUT2D eigenvalue weighted by molar-refractivity contribution is 5.81. The molecule has 0 atom stereocenters. The summed E-state index contributed by atoms with van der Waals surface area (Å²) in [5.41, 5.74) is 1.61. The molecule has 4 rings (SSSR count). The van der Waals surface area contributed by atoms with Gasteiger partial charge in [-0.05, 0) is 18.2 Å². The van der Waals surface area contributed by atoms with E-state index in [1.165, 1.54) is 10.9 Å². The zero-order valence-corrected chi connectivity index (χ0v) is 16.7. The van der Waals surface area contributed by atoms with Gasteiger partial charge in [0.1, 0.15) is 18.0 Å². The minimum absolute atomic E-state index is 0.0855.